The lowest BCUT2D eigenvalue weighted by Gasteiger charge is -1.98. The average molecular weight is 176 g/mol. The van der Waals surface area contributed by atoms with Gasteiger partial charge in [-0.2, -0.15) is 0 Å². The number of allylic oxidation sites excluding steroid dienone is 1. The van der Waals surface area contributed by atoms with E-state index in [9.17, 15) is 0 Å². The summed E-state index contributed by atoms with van der Waals surface area (Å²) < 4.78 is 4.82. The molecule has 70 valence electrons. The van der Waals surface area contributed by atoms with E-state index in [1.54, 1.807) is 13.4 Å². The Morgan fingerprint density at radius 3 is 2.54 bits per heavy atom. The van der Waals surface area contributed by atoms with E-state index in [4.69, 9.17) is 4.74 Å². The Balaban J connectivity index is 2.37. The summed E-state index contributed by atoms with van der Waals surface area (Å²) in [4.78, 5) is 0. The molecule has 0 radical (unpaired) electrons. The SMILES string of the molecule is CO/C=C\CCc1ccc(C)cc1. The van der Waals surface area contributed by atoms with E-state index in [1.165, 1.54) is 11.1 Å². The monoisotopic (exact) mass is 176 g/mol. The molecule has 0 fully saturated rings. The molecule has 1 rings (SSSR count). The van der Waals surface area contributed by atoms with E-state index in [2.05, 4.69) is 31.2 Å². The number of rotatable bonds is 4. The van der Waals surface area contributed by atoms with Gasteiger partial charge in [-0.15, -0.1) is 0 Å². The number of hydrogen-bond donors (Lipinski definition) is 0. The lowest BCUT2D eigenvalue weighted by atomic mass is 10.1. The Bertz CT molecular complexity index is 259. The topological polar surface area (TPSA) is 9.23 Å². The van der Waals surface area contributed by atoms with Gasteiger partial charge in [0.1, 0.15) is 0 Å². The second-order valence-corrected chi connectivity index (χ2v) is 3.13. The highest BCUT2D eigenvalue weighted by Gasteiger charge is 1.89. The second-order valence-electron chi connectivity index (χ2n) is 3.13. The third-order valence-electron chi connectivity index (χ3n) is 1.95. The summed E-state index contributed by atoms with van der Waals surface area (Å²) in [7, 11) is 1.67. The highest BCUT2D eigenvalue weighted by Crippen LogP contribution is 2.05. The molecule has 13 heavy (non-hydrogen) atoms. The van der Waals surface area contributed by atoms with Gasteiger partial charge in [-0.1, -0.05) is 29.8 Å². The van der Waals surface area contributed by atoms with Crippen LogP contribution in [0.25, 0.3) is 0 Å². The van der Waals surface area contributed by atoms with Crippen LogP contribution < -0.4 is 0 Å². The largest absolute Gasteiger partial charge is 0.505 e. The van der Waals surface area contributed by atoms with E-state index >= 15 is 0 Å². The van der Waals surface area contributed by atoms with Crippen LogP contribution in [0, 0.1) is 6.92 Å². The lowest BCUT2D eigenvalue weighted by molar-refractivity contribution is 0.336. The van der Waals surface area contributed by atoms with Crippen molar-refractivity contribution in [1.82, 2.24) is 0 Å². The molecule has 0 heterocycles. The number of aryl methyl sites for hydroxylation is 2. The van der Waals surface area contributed by atoms with Crippen molar-refractivity contribution in [1.29, 1.82) is 0 Å². The molecule has 0 N–H and O–H groups in total. The minimum Gasteiger partial charge on any atom is -0.505 e. The van der Waals surface area contributed by atoms with Crippen LogP contribution in [0.2, 0.25) is 0 Å². The molecule has 1 aromatic carbocycles. The molecule has 0 amide bonds. The van der Waals surface area contributed by atoms with Crippen molar-refractivity contribution < 1.29 is 4.74 Å². The van der Waals surface area contributed by atoms with E-state index in [0.29, 0.717) is 0 Å². The summed E-state index contributed by atoms with van der Waals surface area (Å²) in [6.07, 6.45) is 5.89. The molecular weight excluding hydrogens is 160 g/mol. The third kappa shape index (κ3) is 3.79. The first-order valence-electron chi connectivity index (χ1n) is 4.56. The van der Waals surface area contributed by atoms with Crippen molar-refractivity contribution in [3.8, 4) is 0 Å². The van der Waals surface area contributed by atoms with Gasteiger partial charge in [0.15, 0.2) is 0 Å². The van der Waals surface area contributed by atoms with Gasteiger partial charge in [-0.3, -0.25) is 0 Å². The first-order valence-corrected chi connectivity index (χ1v) is 4.56. The van der Waals surface area contributed by atoms with Gasteiger partial charge in [0, 0.05) is 0 Å². The normalized spacial score (nSPS) is 10.6. The standard InChI is InChI=1S/C12H16O/c1-11-6-8-12(9-7-11)5-3-4-10-13-2/h4,6-10H,3,5H2,1-2H3/b10-4-. The molecule has 0 saturated heterocycles. The summed E-state index contributed by atoms with van der Waals surface area (Å²) in [5.74, 6) is 0. The molecule has 0 atom stereocenters. The van der Waals surface area contributed by atoms with Crippen LogP contribution in [0.5, 0.6) is 0 Å². The summed E-state index contributed by atoms with van der Waals surface area (Å²) in [5.41, 5.74) is 2.70. The van der Waals surface area contributed by atoms with Crippen LogP contribution in [0.15, 0.2) is 36.6 Å². The highest BCUT2D eigenvalue weighted by atomic mass is 16.5. The quantitative estimate of drug-likeness (QED) is 0.640. The van der Waals surface area contributed by atoms with Gasteiger partial charge < -0.3 is 4.74 Å². The van der Waals surface area contributed by atoms with Crippen LogP contribution in [0.4, 0.5) is 0 Å². The molecule has 1 aromatic rings. The Kier molecular flexibility index (Phi) is 4.10. The Hall–Kier alpha value is -1.24. The van der Waals surface area contributed by atoms with Crippen LogP contribution >= 0.6 is 0 Å². The van der Waals surface area contributed by atoms with Gasteiger partial charge in [0.05, 0.1) is 13.4 Å². The molecular formula is C12H16O. The van der Waals surface area contributed by atoms with Gasteiger partial charge in [0.2, 0.25) is 0 Å². The molecule has 1 heteroatoms. The predicted molar refractivity (Wildman–Crippen MR) is 55.6 cm³/mol. The molecule has 1 nitrogen and oxygen atoms in total. The zero-order valence-corrected chi connectivity index (χ0v) is 8.29. The fraction of sp³-hybridized carbons (Fsp3) is 0.333. The lowest BCUT2D eigenvalue weighted by Crippen LogP contribution is -1.83. The van der Waals surface area contributed by atoms with Gasteiger partial charge >= 0.3 is 0 Å². The smallest absolute Gasteiger partial charge is 0.0784 e. The van der Waals surface area contributed by atoms with Crippen molar-refractivity contribution in [2.75, 3.05) is 7.11 Å². The average Bonchev–Trinajstić information content (AvgIpc) is 2.15. The summed E-state index contributed by atoms with van der Waals surface area (Å²) in [5, 5.41) is 0. The molecule has 0 aliphatic carbocycles. The number of hydrogen-bond acceptors (Lipinski definition) is 1. The molecule has 0 bridgehead atoms. The Morgan fingerprint density at radius 1 is 1.23 bits per heavy atom. The summed E-state index contributed by atoms with van der Waals surface area (Å²) in [6, 6.07) is 8.65. The first-order chi connectivity index (χ1) is 6.33. The minimum atomic E-state index is 1.04. The molecule has 0 aliphatic rings. The van der Waals surface area contributed by atoms with Crippen LogP contribution in [-0.4, -0.2) is 7.11 Å². The first kappa shape index (κ1) is 9.85. The van der Waals surface area contributed by atoms with E-state index in [0.717, 1.165) is 12.8 Å². The molecule has 0 spiro atoms. The number of ether oxygens (including phenoxy) is 1. The maximum Gasteiger partial charge on any atom is 0.0784 e. The molecule has 0 saturated carbocycles. The zero-order valence-electron chi connectivity index (χ0n) is 8.29. The molecule has 0 unspecified atom stereocenters. The van der Waals surface area contributed by atoms with Crippen molar-refractivity contribution in [2.45, 2.75) is 19.8 Å². The summed E-state index contributed by atoms with van der Waals surface area (Å²) >= 11 is 0. The van der Waals surface area contributed by atoms with Crippen molar-refractivity contribution in [3.63, 3.8) is 0 Å². The van der Waals surface area contributed by atoms with E-state index in [-0.39, 0.29) is 0 Å². The van der Waals surface area contributed by atoms with Gasteiger partial charge in [0.25, 0.3) is 0 Å². The highest BCUT2D eigenvalue weighted by molar-refractivity contribution is 5.21. The number of benzene rings is 1. The molecule has 0 aliphatic heterocycles. The summed E-state index contributed by atoms with van der Waals surface area (Å²) in [6.45, 7) is 2.11. The second kappa shape index (κ2) is 5.41. The van der Waals surface area contributed by atoms with Gasteiger partial charge in [-0.25, -0.2) is 0 Å². The Morgan fingerprint density at radius 2 is 1.92 bits per heavy atom. The Labute approximate surface area is 80.0 Å². The van der Waals surface area contributed by atoms with E-state index < -0.39 is 0 Å². The zero-order chi connectivity index (χ0) is 9.52. The number of methoxy groups -OCH3 is 1. The van der Waals surface area contributed by atoms with Crippen LogP contribution in [0.1, 0.15) is 17.5 Å². The van der Waals surface area contributed by atoms with Crippen molar-refractivity contribution >= 4 is 0 Å². The maximum atomic E-state index is 4.82. The fourth-order valence-corrected chi connectivity index (χ4v) is 1.17. The fourth-order valence-electron chi connectivity index (χ4n) is 1.17. The predicted octanol–water partition coefficient (Wildman–Crippen LogP) is 3.09. The van der Waals surface area contributed by atoms with Crippen molar-refractivity contribution in [3.05, 3.63) is 47.7 Å². The third-order valence-corrected chi connectivity index (χ3v) is 1.95. The van der Waals surface area contributed by atoms with Crippen LogP contribution in [-0.2, 0) is 11.2 Å². The minimum absolute atomic E-state index is 1.04. The van der Waals surface area contributed by atoms with Crippen LogP contribution in [0.3, 0.4) is 0 Å². The maximum absolute atomic E-state index is 4.82. The van der Waals surface area contributed by atoms with Gasteiger partial charge in [-0.05, 0) is 31.4 Å². The van der Waals surface area contributed by atoms with Crippen molar-refractivity contribution in [2.24, 2.45) is 0 Å². The van der Waals surface area contributed by atoms with E-state index in [1.807, 2.05) is 6.08 Å². The molecule has 0 aromatic heterocycles.